The molecular weight excluding hydrogens is 597 g/mol. The molecule has 0 spiro atoms. The van der Waals surface area contributed by atoms with Crippen LogP contribution in [0, 0.1) is 0 Å². The molecule has 3 heteroatoms. The predicted octanol–water partition coefficient (Wildman–Crippen LogP) is 10.2. The van der Waals surface area contributed by atoms with Gasteiger partial charge in [-0.2, -0.15) is 0 Å². The highest BCUT2D eigenvalue weighted by molar-refractivity contribution is 7.73. The van der Waals surface area contributed by atoms with Gasteiger partial charge in [0.25, 0.3) is 0 Å². The average molecular weight is 647 g/mol. The molecule has 0 saturated heterocycles. The fraction of sp³-hybridized carbons (Fsp3) is 0.286. The number of rotatable bonds is 19. The van der Waals surface area contributed by atoms with Crippen LogP contribution in [0.15, 0.2) is 152 Å². The SMILES string of the molecule is c1ccc(P(CCCCCCP(c2ccccc2)c2ccccc2)CCCCCCP(c2ccccc2)c2ccccc2)cc1. The van der Waals surface area contributed by atoms with Gasteiger partial charge in [0.15, 0.2) is 0 Å². The van der Waals surface area contributed by atoms with Crippen molar-refractivity contribution in [1.29, 1.82) is 0 Å². The Balaban J connectivity index is 1.05. The predicted molar refractivity (Wildman–Crippen MR) is 208 cm³/mol. The summed E-state index contributed by atoms with van der Waals surface area (Å²) in [6.45, 7) is 0. The second-order valence-corrected chi connectivity index (χ2v) is 19.0. The first kappa shape index (κ1) is 33.7. The van der Waals surface area contributed by atoms with Crippen LogP contribution in [0.3, 0.4) is 0 Å². The van der Waals surface area contributed by atoms with Gasteiger partial charge < -0.3 is 0 Å². The topological polar surface area (TPSA) is 0 Å². The average Bonchev–Trinajstić information content (AvgIpc) is 3.12. The minimum absolute atomic E-state index is 0.0589. The molecule has 0 unspecified atom stereocenters. The lowest BCUT2D eigenvalue weighted by Crippen LogP contribution is -2.14. The maximum Gasteiger partial charge on any atom is -0.0195 e. The van der Waals surface area contributed by atoms with E-state index in [4.69, 9.17) is 0 Å². The highest BCUT2D eigenvalue weighted by Gasteiger charge is 2.15. The second kappa shape index (κ2) is 19.8. The fourth-order valence-corrected chi connectivity index (χ4v) is 13.5. The first-order valence-electron chi connectivity index (χ1n) is 16.9. The summed E-state index contributed by atoms with van der Waals surface area (Å²) < 4.78 is 0. The summed E-state index contributed by atoms with van der Waals surface area (Å²) in [6, 6.07) is 56.3. The van der Waals surface area contributed by atoms with Gasteiger partial charge in [-0.25, -0.2) is 0 Å². The molecule has 0 bridgehead atoms. The van der Waals surface area contributed by atoms with E-state index in [1.807, 2.05) is 0 Å². The minimum atomic E-state index is -0.260. The lowest BCUT2D eigenvalue weighted by molar-refractivity contribution is 0.700. The molecule has 0 radical (unpaired) electrons. The molecule has 5 rings (SSSR count). The standard InChI is InChI=1S/C42H49P3/c1(3-22-36-44(39-26-12-6-13-27-39)40-28-14-7-15-29-40)20-34-43(38-24-10-5-11-25-38)35-21-2-4-23-37-45(41-30-16-8-17-31-41)42-32-18-9-19-33-42/h5-19,24-33H,1-4,20-23,34-37H2. The van der Waals surface area contributed by atoms with Gasteiger partial charge in [0.2, 0.25) is 0 Å². The van der Waals surface area contributed by atoms with Gasteiger partial charge in [0, 0.05) is 0 Å². The summed E-state index contributed by atoms with van der Waals surface area (Å²) in [7, 11) is -0.578. The van der Waals surface area contributed by atoms with Crippen LogP contribution in [0.1, 0.15) is 51.4 Å². The van der Waals surface area contributed by atoms with E-state index in [0.29, 0.717) is 0 Å². The van der Waals surface area contributed by atoms with E-state index >= 15 is 0 Å². The molecular formula is C42H49P3. The summed E-state index contributed by atoms with van der Waals surface area (Å²) in [5, 5.41) is 7.68. The molecule has 0 aliphatic carbocycles. The van der Waals surface area contributed by atoms with Crippen LogP contribution in [0.4, 0.5) is 0 Å². The molecule has 0 aliphatic heterocycles. The van der Waals surface area contributed by atoms with Crippen LogP contribution < -0.4 is 26.5 Å². The van der Waals surface area contributed by atoms with Gasteiger partial charge in [-0.3, -0.25) is 0 Å². The maximum absolute atomic E-state index is 2.39. The van der Waals surface area contributed by atoms with Gasteiger partial charge in [-0.1, -0.05) is 185 Å². The molecule has 0 N–H and O–H groups in total. The minimum Gasteiger partial charge on any atom is -0.0753 e. The zero-order valence-corrected chi connectivity index (χ0v) is 29.4. The van der Waals surface area contributed by atoms with Crippen LogP contribution in [-0.4, -0.2) is 24.6 Å². The number of hydrogen-bond acceptors (Lipinski definition) is 0. The summed E-state index contributed by atoms with van der Waals surface area (Å²) >= 11 is 0. The van der Waals surface area contributed by atoms with E-state index in [9.17, 15) is 0 Å². The van der Waals surface area contributed by atoms with Crippen molar-refractivity contribution in [3.63, 3.8) is 0 Å². The largest absolute Gasteiger partial charge is 0.0753 e. The van der Waals surface area contributed by atoms with Crippen LogP contribution in [-0.2, 0) is 0 Å². The zero-order chi connectivity index (χ0) is 30.8. The van der Waals surface area contributed by atoms with Crippen LogP contribution in [0.5, 0.6) is 0 Å². The van der Waals surface area contributed by atoms with Crippen molar-refractivity contribution in [2.75, 3.05) is 24.6 Å². The fourth-order valence-electron chi connectivity index (χ4n) is 6.11. The Morgan fingerprint density at radius 1 is 0.244 bits per heavy atom. The van der Waals surface area contributed by atoms with Crippen molar-refractivity contribution in [2.45, 2.75) is 51.4 Å². The monoisotopic (exact) mass is 646 g/mol. The van der Waals surface area contributed by atoms with E-state index in [2.05, 4.69) is 152 Å². The Kier molecular flexibility index (Phi) is 14.9. The van der Waals surface area contributed by atoms with Crippen LogP contribution in [0.25, 0.3) is 0 Å². The Labute approximate surface area is 277 Å². The summed E-state index contributed by atoms with van der Waals surface area (Å²) in [5.41, 5.74) is 0. The molecule has 0 heterocycles. The second-order valence-electron chi connectivity index (χ2n) is 11.8. The molecule has 0 amide bonds. The van der Waals surface area contributed by atoms with Gasteiger partial charge in [-0.05, 0) is 92.7 Å². The van der Waals surface area contributed by atoms with Gasteiger partial charge in [0.05, 0.1) is 0 Å². The molecule has 232 valence electrons. The van der Waals surface area contributed by atoms with Crippen molar-refractivity contribution in [3.05, 3.63) is 152 Å². The van der Waals surface area contributed by atoms with E-state index in [1.54, 1.807) is 5.30 Å². The summed E-state index contributed by atoms with van der Waals surface area (Å²) in [5.74, 6) is 0. The van der Waals surface area contributed by atoms with Crippen molar-refractivity contribution < 1.29 is 0 Å². The number of benzene rings is 5. The molecule has 5 aromatic carbocycles. The first-order valence-corrected chi connectivity index (χ1v) is 21.7. The third-order valence-electron chi connectivity index (χ3n) is 8.51. The Bertz CT molecular complexity index is 1270. The molecule has 0 aliphatic rings. The van der Waals surface area contributed by atoms with Gasteiger partial charge >= 0.3 is 0 Å². The van der Waals surface area contributed by atoms with E-state index < -0.39 is 0 Å². The quantitative estimate of drug-likeness (QED) is 0.0619. The number of hydrogen-bond donors (Lipinski definition) is 0. The van der Waals surface area contributed by atoms with Crippen molar-refractivity contribution in [2.24, 2.45) is 0 Å². The molecule has 0 aromatic heterocycles. The van der Waals surface area contributed by atoms with E-state index in [1.165, 1.54) is 97.2 Å². The lowest BCUT2D eigenvalue weighted by atomic mass is 10.2. The Morgan fingerprint density at radius 3 is 0.778 bits per heavy atom. The first-order chi connectivity index (χ1) is 22.4. The van der Waals surface area contributed by atoms with E-state index in [-0.39, 0.29) is 23.8 Å². The van der Waals surface area contributed by atoms with Crippen molar-refractivity contribution >= 4 is 50.3 Å². The summed E-state index contributed by atoms with van der Waals surface area (Å²) in [4.78, 5) is 0. The normalized spacial score (nSPS) is 11.4. The molecule has 0 fully saturated rings. The van der Waals surface area contributed by atoms with E-state index in [0.717, 1.165) is 0 Å². The zero-order valence-electron chi connectivity index (χ0n) is 26.8. The molecule has 0 saturated carbocycles. The molecule has 45 heavy (non-hydrogen) atoms. The summed E-state index contributed by atoms with van der Waals surface area (Å²) in [6.07, 6.45) is 16.2. The van der Waals surface area contributed by atoms with Crippen molar-refractivity contribution in [3.8, 4) is 0 Å². The molecule has 0 atom stereocenters. The highest BCUT2D eigenvalue weighted by Crippen LogP contribution is 2.39. The highest BCUT2D eigenvalue weighted by atomic mass is 31.1. The third-order valence-corrected chi connectivity index (χ3v) is 16.5. The van der Waals surface area contributed by atoms with Gasteiger partial charge in [0.1, 0.15) is 0 Å². The molecule has 0 nitrogen and oxygen atoms in total. The van der Waals surface area contributed by atoms with Crippen LogP contribution in [0.2, 0.25) is 0 Å². The molecule has 5 aromatic rings. The van der Waals surface area contributed by atoms with Crippen LogP contribution >= 0.6 is 23.8 Å². The van der Waals surface area contributed by atoms with Gasteiger partial charge in [-0.15, -0.1) is 0 Å². The third kappa shape index (κ3) is 11.3. The Morgan fingerprint density at radius 2 is 0.489 bits per heavy atom. The maximum atomic E-state index is 2.39. The Hall–Kier alpha value is -2.61. The number of unbranched alkanes of at least 4 members (excludes halogenated alkanes) is 6. The lowest BCUT2D eigenvalue weighted by Gasteiger charge is -2.20. The smallest absolute Gasteiger partial charge is 0.0195 e. The van der Waals surface area contributed by atoms with Crippen molar-refractivity contribution in [1.82, 2.24) is 0 Å².